The van der Waals surface area contributed by atoms with Crippen LogP contribution in [0.15, 0.2) is 53.4 Å². The van der Waals surface area contributed by atoms with Gasteiger partial charge in [-0.05, 0) is 30.5 Å². The van der Waals surface area contributed by atoms with E-state index < -0.39 is 0 Å². The van der Waals surface area contributed by atoms with Crippen molar-refractivity contribution in [2.75, 3.05) is 23.9 Å². The Labute approximate surface area is 122 Å². The topological polar surface area (TPSA) is 64.3 Å². The van der Waals surface area contributed by atoms with Crippen LogP contribution in [0.25, 0.3) is 0 Å². The first kappa shape index (κ1) is 14.3. The Kier molecular flexibility index (Phi) is 4.90. The number of ether oxygens (including phenoxy) is 1. The summed E-state index contributed by atoms with van der Waals surface area (Å²) in [5.74, 6) is 0.468. The number of carbonyl (C=O) groups is 1. The summed E-state index contributed by atoms with van der Waals surface area (Å²) in [6, 6.07) is 14.7. The fourth-order valence-electron chi connectivity index (χ4n) is 1.68. The van der Waals surface area contributed by atoms with Gasteiger partial charge in [-0.25, -0.2) is 0 Å². The van der Waals surface area contributed by atoms with Crippen LogP contribution in [-0.2, 0) is 4.79 Å². The SMILES string of the molecule is CSc1ccccc1OCC(=O)Nc1ccccc1N. The summed E-state index contributed by atoms with van der Waals surface area (Å²) >= 11 is 1.58. The number of benzene rings is 2. The first-order valence-corrected chi connectivity index (χ1v) is 7.33. The van der Waals surface area contributed by atoms with E-state index in [9.17, 15) is 4.79 Å². The Morgan fingerprint density at radius 2 is 1.90 bits per heavy atom. The summed E-state index contributed by atoms with van der Waals surface area (Å²) in [5.41, 5.74) is 6.89. The molecule has 0 unspecified atom stereocenters. The van der Waals surface area contributed by atoms with Crippen molar-refractivity contribution in [3.8, 4) is 5.75 Å². The van der Waals surface area contributed by atoms with Gasteiger partial charge in [0.2, 0.25) is 0 Å². The van der Waals surface area contributed by atoms with Crippen LogP contribution in [0.4, 0.5) is 11.4 Å². The Balaban J connectivity index is 1.94. The zero-order chi connectivity index (χ0) is 14.4. The van der Waals surface area contributed by atoms with Gasteiger partial charge in [-0.15, -0.1) is 11.8 Å². The van der Waals surface area contributed by atoms with E-state index in [2.05, 4.69) is 5.32 Å². The van der Waals surface area contributed by atoms with Crippen LogP contribution in [-0.4, -0.2) is 18.8 Å². The molecule has 3 N–H and O–H groups in total. The molecule has 2 aromatic rings. The van der Waals surface area contributed by atoms with E-state index in [1.165, 1.54) is 0 Å². The van der Waals surface area contributed by atoms with Crippen LogP contribution in [0, 0.1) is 0 Å². The van der Waals surface area contributed by atoms with Crippen molar-refractivity contribution in [1.29, 1.82) is 0 Å². The second-order valence-corrected chi connectivity index (χ2v) is 4.92. The van der Waals surface area contributed by atoms with E-state index in [0.717, 1.165) is 4.90 Å². The second-order valence-electron chi connectivity index (χ2n) is 4.07. The van der Waals surface area contributed by atoms with Crippen molar-refractivity contribution in [3.63, 3.8) is 0 Å². The smallest absolute Gasteiger partial charge is 0.262 e. The maximum absolute atomic E-state index is 11.8. The van der Waals surface area contributed by atoms with Gasteiger partial charge in [0.25, 0.3) is 5.91 Å². The van der Waals surface area contributed by atoms with Crippen LogP contribution < -0.4 is 15.8 Å². The number of nitrogens with one attached hydrogen (secondary N) is 1. The number of amides is 1. The number of thioether (sulfide) groups is 1. The number of hydrogen-bond donors (Lipinski definition) is 2. The largest absolute Gasteiger partial charge is 0.483 e. The van der Waals surface area contributed by atoms with Crippen molar-refractivity contribution in [2.45, 2.75) is 4.90 Å². The fourth-order valence-corrected chi connectivity index (χ4v) is 2.22. The molecule has 1 amide bonds. The lowest BCUT2D eigenvalue weighted by Crippen LogP contribution is -2.20. The van der Waals surface area contributed by atoms with Gasteiger partial charge in [-0.3, -0.25) is 4.79 Å². The van der Waals surface area contributed by atoms with Gasteiger partial charge in [-0.2, -0.15) is 0 Å². The molecule has 0 fully saturated rings. The molecule has 0 aromatic heterocycles. The molecule has 0 saturated carbocycles. The van der Waals surface area contributed by atoms with Gasteiger partial charge < -0.3 is 15.8 Å². The molecule has 2 rings (SSSR count). The molecule has 0 spiro atoms. The molecule has 0 radical (unpaired) electrons. The lowest BCUT2D eigenvalue weighted by atomic mass is 10.3. The summed E-state index contributed by atoms with van der Waals surface area (Å²) < 4.78 is 5.53. The zero-order valence-corrected chi connectivity index (χ0v) is 11.9. The van der Waals surface area contributed by atoms with Gasteiger partial charge in [0.1, 0.15) is 5.75 Å². The predicted molar refractivity (Wildman–Crippen MR) is 83.2 cm³/mol. The van der Waals surface area contributed by atoms with Crippen molar-refractivity contribution in [2.24, 2.45) is 0 Å². The number of nitrogen functional groups attached to an aromatic ring is 1. The van der Waals surface area contributed by atoms with E-state index in [4.69, 9.17) is 10.5 Å². The molecule has 20 heavy (non-hydrogen) atoms. The minimum absolute atomic E-state index is 0.0497. The van der Waals surface area contributed by atoms with E-state index in [1.807, 2.05) is 42.7 Å². The first-order valence-electron chi connectivity index (χ1n) is 6.11. The Morgan fingerprint density at radius 3 is 2.65 bits per heavy atom. The van der Waals surface area contributed by atoms with Gasteiger partial charge in [0.15, 0.2) is 6.61 Å². The number of anilines is 2. The Hall–Kier alpha value is -2.14. The van der Waals surface area contributed by atoms with E-state index in [1.54, 1.807) is 23.9 Å². The highest BCUT2D eigenvalue weighted by atomic mass is 32.2. The number of para-hydroxylation sites is 3. The molecule has 0 aliphatic heterocycles. The minimum Gasteiger partial charge on any atom is -0.483 e. The summed E-state index contributed by atoms with van der Waals surface area (Å²) in [4.78, 5) is 12.8. The van der Waals surface area contributed by atoms with Crippen molar-refractivity contribution in [3.05, 3.63) is 48.5 Å². The molecule has 0 atom stereocenters. The van der Waals surface area contributed by atoms with Gasteiger partial charge in [-0.1, -0.05) is 24.3 Å². The third kappa shape index (κ3) is 3.68. The second kappa shape index (κ2) is 6.86. The van der Waals surface area contributed by atoms with Gasteiger partial charge in [0, 0.05) is 4.90 Å². The molecule has 4 nitrogen and oxygen atoms in total. The van der Waals surface area contributed by atoms with Crippen LogP contribution in [0.2, 0.25) is 0 Å². The average Bonchev–Trinajstić information content (AvgIpc) is 2.48. The van der Waals surface area contributed by atoms with Crippen molar-refractivity contribution in [1.82, 2.24) is 0 Å². The van der Waals surface area contributed by atoms with Crippen LogP contribution in [0.3, 0.4) is 0 Å². The monoisotopic (exact) mass is 288 g/mol. The summed E-state index contributed by atoms with van der Waals surface area (Å²) in [6.45, 7) is -0.0497. The Bertz CT molecular complexity index is 602. The highest BCUT2D eigenvalue weighted by molar-refractivity contribution is 7.98. The third-order valence-electron chi connectivity index (χ3n) is 2.66. The van der Waals surface area contributed by atoms with Gasteiger partial charge >= 0.3 is 0 Å². The lowest BCUT2D eigenvalue weighted by molar-refractivity contribution is -0.118. The summed E-state index contributed by atoms with van der Waals surface area (Å²) in [7, 11) is 0. The lowest BCUT2D eigenvalue weighted by Gasteiger charge is -2.11. The molecule has 0 saturated heterocycles. The number of carbonyl (C=O) groups excluding carboxylic acids is 1. The van der Waals surface area contributed by atoms with Crippen molar-refractivity contribution >= 4 is 29.0 Å². The zero-order valence-electron chi connectivity index (χ0n) is 11.1. The first-order chi connectivity index (χ1) is 9.70. The van der Waals surface area contributed by atoms with E-state index in [0.29, 0.717) is 17.1 Å². The fraction of sp³-hybridized carbons (Fsp3) is 0.133. The average molecular weight is 288 g/mol. The van der Waals surface area contributed by atoms with Gasteiger partial charge in [0.05, 0.1) is 11.4 Å². The minimum atomic E-state index is -0.237. The highest BCUT2D eigenvalue weighted by Gasteiger charge is 2.07. The van der Waals surface area contributed by atoms with Crippen molar-refractivity contribution < 1.29 is 9.53 Å². The third-order valence-corrected chi connectivity index (χ3v) is 3.44. The standard InChI is InChI=1S/C15H16N2O2S/c1-20-14-9-5-4-8-13(14)19-10-15(18)17-12-7-3-2-6-11(12)16/h2-9H,10,16H2,1H3,(H,17,18). The summed E-state index contributed by atoms with van der Waals surface area (Å²) in [6.07, 6.45) is 1.97. The van der Waals surface area contributed by atoms with E-state index >= 15 is 0 Å². The molecular weight excluding hydrogens is 272 g/mol. The maximum Gasteiger partial charge on any atom is 0.262 e. The molecule has 2 aromatic carbocycles. The number of nitrogens with two attached hydrogens (primary N) is 1. The van der Waals surface area contributed by atoms with Crippen LogP contribution >= 0.6 is 11.8 Å². The summed E-state index contributed by atoms with van der Waals surface area (Å²) in [5, 5.41) is 2.72. The van der Waals surface area contributed by atoms with E-state index in [-0.39, 0.29) is 12.5 Å². The quantitative estimate of drug-likeness (QED) is 0.655. The molecule has 104 valence electrons. The normalized spacial score (nSPS) is 10.1. The van der Waals surface area contributed by atoms with Crippen LogP contribution in [0.1, 0.15) is 0 Å². The van der Waals surface area contributed by atoms with Crippen LogP contribution in [0.5, 0.6) is 5.75 Å². The molecule has 0 bridgehead atoms. The predicted octanol–water partition coefficient (Wildman–Crippen LogP) is 3.01. The molecule has 0 aliphatic carbocycles. The molecular formula is C15H16N2O2S. The molecule has 0 aliphatic rings. The maximum atomic E-state index is 11.8. The Morgan fingerprint density at radius 1 is 1.20 bits per heavy atom. The molecule has 5 heteroatoms. The highest BCUT2D eigenvalue weighted by Crippen LogP contribution is 2.26. The number of hydrogen-bond acceptors (Lipinski definition) is 4. The number of rotatable bonds is 5. The molecule has 0 heterocycles.